The average molecular weight is 561 g/mol. The Labute approximate surface area is 242 Å². The molecule has 0 unspecified atom stereocenters. The lowest BCUT2D eigenvalue weighted by Crippen LogP contribution is -2.47. The Balaban J connectivity index is 1.42. The fraction of sp³-hybridized carbons (Fsp3) is 0.406. The molecule has 2 aromatic carbocycles. The Bertz CT molecular complexity index is 1350. The first-order valence-corrected chi connectivity index (χ1v) is 14.0. The smallest absolute Gasteiger partial charge is 0.219 e. The summed E-state index contributed by atoms with van der Waals surface area (Å²) in [6, 6.07) is 14.0. The molecule has 1 aliphatic carbocycles. The van der Waals surface area contributed by atoms with E-state index < -0.39 is 5.41 Å². The summed E-state index contributed by atoms with van der Waals surface area (Å²) in [6.45, 7) is 14.9. The number of carbonyl (C=O) groups is 1. The maximum atomic E-state index is 11.6. The van der Waals surface area contributed by atoms with Gasteiger partial charge in [0.25, 0.3) is 0 Å². The van der Waals surface area contributed by atoms with Crippen LogP contribution in [0.1, 0.15) is 57.2 Å². The molecule has 1 heterocycles. The van der Waals surface area contributed by atoms with E-state index in [1.807, 2.05) is 60.4 Å². The van der Waals surface area contributed by atoms with Crippen LogP contribution in [0.25, 0.3) is 0 Å². The number of aliphatic imine (C=N–C) groups is 1. The quantitative estimate of drug-likeness (QED) is 0.328. The molecular weight excluding hydrogens is 524 g/mol. The van der Waals surface area contributed by atoms with Crippen molar-refractivity contribution in [3.63, 3.8) is 0 Å². The number of halogens is 1. The molecule has 210 valence electrons. The number of hydrogen-bond donors (Lipinski definition) is 0. The van der Waals surface area contributed by atoms with Crippen LogP contribution in [-0.4, -0.2) is 60.3 Å². The Hall–Kier alpha value is -3.76. The Morgan fingerprint density at radius 2 is 1.80 bits per heavy atom. The van der Waals surface area contributed by atoms with Gasteiger partial charge in [0.2, 0.25) is 5.91 Å². The van der Waals surface area contributed by atoms with E-state index in [4.69, 9.17) is 26.1 Å². The van der Waals surface area contributed by atoms with Crippen LogP contribution in [-0.2, 0) is 10.2 Å². The van der Waals surface area contributed by atoms with E-state index in [9.17, 15) is 10.1 Å². The third-order valence-corrected chi connectivity index (χ3v) is 7.66. The van der Waals surface area contributed by atoms with Crippen molar-refractivity contribution < 1.29 is 14.3 Å². The van der Waals surface area contributed by atoms with Crippen LogP contribution in [0.2, 0.25) is 5.02 Å². The van der Waals surface area contributed by atoms with Crippen molar-refractivity contribution in [1.82, 2.24) is 9.80 Å². The average Bonchev–Trinajstić information content (AvgIpc) is 3.77. The molecule has 4 rings (SSSR count). The van der Waals surface area contributed by atoms with Gasteiger partial charge in [0.05, 0.1) is 22.4 Å². The predicted octanol–water partition coefficient (Wildman–Crippen LogP) is 6.11. The number of benzene rings is 2. The zero-order chi connectivity index (χ0) is 28.9. The molecule has 0 aromatic heterocycles. The molecule has 2 fully saturated rings. The minimum Gasteiger partial charge on any atom is -0.487 e. The summed E-state index contributed by atoms with van der Waals surface area (Å²) >= 11 is 6.57. The van der Waals surface area contributed by atoms with Crippen LogP contribution in [0.15, 0.2) is 65.9 Å². The molecule has 1 aliphatic heterocycles. The summed E-state index contributed by atoms with van der Waals surface area (Å²) in [5.41, 5.74) is 2.83. The third-order valence-electron chi connectivity index (χ3n) is 7.38. The van der Waals surface area contributed by atoms with Gasteiger partial charge in [-0.3, -0.25) is 4.79 Å². The fourth-order valence-corrected chi connectivity index (χ4v) is 4.89. The molecule has 0 radical (unpaired) electrons. The van der Waals surface area contributed by atoms with Gasteiger partial charge in [0.1, 0.15) is 24.2 Å². The molecule has 0 spiro atoms. The molecule has 0 atom stereocenters. The molecule has 40 heavy (non-hydrogen) atoms. The van der Waals surface area contributed by atoms with E-state index in [0.29, 0.717) is 54.9 Å². The van der Waals surface area contributed by atoms with Gasteiger partial charge in [-0.15, -0.1) is 0 Å². The van der Waals surface area contributed by atoms with Crippen molar-refractivity contribution in [2.45, 2.75) is 52.1 Å². The third kappa shape index (κ3) is 7.05. The van der Waals surface area contributed by atoms with Crippen molar-refractivity contribution in [2.75, 3.05) is 32.8 Å². The van der Waals surface area contributed by atoms with Gasteiger partial charge in [-0.2, -0.15) is 5.26 Å². The van der Waals surface area contributed by atoms with Crippen molar-refractivity contribution >= 4 is 23.2 Å². The van der Waals surface area contributed by atoms with Crippen molar-refractivity contribution in [2.24, 2.45) is 4.99 Å². The summed E-state index contributed by atoms with van der Waals surface area (Å²) in [5.74, 6) is 1.97. The fourth-order valence-electron chi connectivity index (χ4n) is 4.63. The van der Waals surface area contributed by atoms with Crippen molar-refractivity contribution in [3.8, 4) is 17.6 Å². The highest BCUT2D eigenvalue weighted by atomic mass is 35.5. The normalized spacial score (nSPS) is 16.1. The number of hydrogen-bond acceptors (Lipinski definition) is 6. The number of rotatable bonds is 10. The first-order chi connectivity index (χ1) is 19.1. The highest BCUT2D eigenvalue weighted by Gasteiger charge is 2.29. The molecule has 1 amide bonds. The van der Waals surface area contributed by atoms with Gasteiger partial charge in [0, 0.05) is 38.5 Å². The van der Waals surface area contributed by atoms with E-state index in [0.717, 1.165) is 35.4 Å². The number of nitriles is 1. The van der Waals surface area contributed by atoms with Crippen LogP contribution < -0.4 is 9.47 Å². The minimum absolute atomic E-state index is 0.0956. The van der Waals surface area contributed by atoms with Crippen LogP contribution in [0.4, 0.5) is 0 Å². The lowest BCUT2D eigenvalue weighted by Gasteiger charge is -2.35. The summed E-state index contributed by atoms with van der Waals surface area (Å²) in [5, 5.41) is 10.2. The van der Waals surface area contributed by atoms with E-state index >= 15 is 0 Å². The van der Waals surface area contributed by atoms with Gasteiger partial charge in [-0.05, 0) is 61.2 Å². The van der Waals surface area contributed by atoms with Crippen molar-refractivity contribution in [3.05, 3.63) is 82.7 Å². The summed E-state index contributed by atoms with van der Waals surface area (Å²) in [7, 11) is 0. The van der Waals surface area contributed by atoms with E-state index in [1.165, 1.54) is 0 Å². The molecule has 7 nitrogen and oxygen atoms in total. The van der Waals surface area contributed by atoms with E-state index in [1.54, 1.807) is 6.92 Å². The molecule has 1 saturated heterocycles. The molecule has 0 N–H and O–H groups in total. The van der Waals surface area contributed by atoms with Gasteiger partial charge in [-0.25, -0.2) is 4.99 Å². The summed E-state index contributed by atoms with van der Waals surface area (Å²) in [6.07, 6.45) is 6.01. The van der Waals surface area contributed by atoms with Crippen LogP contribution in [0.3, 0.4) is 0 Å². The number of amides is 1. The molecule has 2 aromatic rings. The summed E-state index contributed by atoms with van der Waals surface area (Å²) in [4.78, 5) is 20.2. The number of piperazine rings is 1. The number of allylic oxidation sites excluding steroid dienone is 1. The maximum absolute atomic E-state index is 11.6. The lowest BCUT2D eigenvalue weighted by molar-refractivity contribution is -0.130. The van der Waals surface area contributed by atoms with Gasteiger partial charge in [0.15, 0.2) is 5.75 Å². The Kier molecular flexibility index (Phi) is 9.21. The van der Waals surface area contributed by atoms with Crippen LogP contribution in [0, 0.1) is 11.3 Å². The van der Waals surface area contributed by atoms with E-state index in [-0.39, 0.29) is 12.0 Å². The van der Waals surface area contributed by atoms with Gasteiger partial charge < -0.3 is 19.3 Å². The van der Waals surface area contributed by atoms with Crippen molar-refractivity contribution in [1.29, 1.82) is 5.26 Å². The number of ether oxygens (including phenoxy) is 2. The molecular formula is C32H37ClN4O3. The second-order valence-electron chi connectivity index (χ2n) is 10.7. The predicted molar refractivity (Wildman–Crippen MR) is 159 cm³/mol. The molecule has 0 bridgehead atoms. The van der Waals surface area contributed by atoms with Crippen LogP contribution in [0.5, 0.6) is 11.5 Å². The summed E-state index contributed by atoms with van der Waals surface area (Å²) < 4.78 is 12.0. The van der Waals surface area contributed by atoms with Crippen LogP contribution >= 0.6 is 11.6 Å². The lowest BCUT2D eigenvalue weighted by atomic mass is 9.77. The highest BCUT2D eigenvalue weighted by Crippen LogP contribution is 2.40. The second kappa shape index (κ2) is 12.6. The number of nitrogens with zero attached hydrogens (tertiary/aromatic N) is 4. The monoisotopic (exact) mass is 560 g/mol. The standard InChI is InChI=1S/C32H37ClN4O3/c1-6-7-27(35-22(2)36-14-16-37(17-15-36)23(3)38)21-39-28-10-8-25(9-11-28)32(4,5)26-18-24(20-34)31(30(33)19-26)40-29-12-13-29/h6-11,18-19,29H,2,12-17,21H2,1,3-5H3/b7-6-,35-27+. The molecule has 1 saturated carbocycles. The SMILES string of the molecule is C=C(/N=C(\C=C/C)COc1ccc(C(C)(C)c2cc(Cl)c(OC3CC3)c(C#N)c2)cc1)N1CCN(C(C)=O)CC1. The zero-order valence-electron chi connectivity index (χ0n) is 23.7. The second-order valence-corrected chi connectivity index (χ2v) is 11.1. The van der Waals surface area contributed by atoms with Gasteiger partial charge in [-0.1, -0.05) is 50.2 Å². The maximum Gasteiger partial charge on any atom is 0.219 e. The molecule has 2 aliphatic rings. The molecule has 8 heteroatoms. The first-order valence-electron chi connectivity index (χ1n) is 13.7. The van der Waals surface area contributed by atoms with Gasteiger partial charge >= 0.3 is 0 Å². The first kappa shape index (κ1) is 29.2. The minimum atomic E-state index is -0.395. The van der Waals surface area contributed by atoms with E-state index in [2.05, 4.69) is 31.4 Å². The Morgan fingerprint density at radius 1 is 1.15 bits per heavy atom. The Morgan fingerprint density at radius 3 is 2.38 bits per heavy atom. The highest BCUT2D eigenvalue weighted by molar-refractivity contribution is 6.32. The topological polar surface area (TPSA) is 78.2 Å². The number of carbonyl (C=O) groups excluding carboxylic acids is 1. The largest absolute Gasteiger partial charge is 0.487 e. The zero-order valence-corrected chi connectivity index (χ0v) is 24.5.